The number of Topliss-reactive ketones (excluding diaryl/α,β-unsaturated/α-hetero) is 1. The first kappa shape index (κ1) is 12.3. The van der Waals surface area contributed by atoms with Gasteiger partial charge in [-0.2, -0.15) is 5.26 Å². The SMILES string of the molecule is C=C(C#N)C1c2ccccc2N=C(C)C1C(C)=O. The molecule has 3 nitrogen and oxygen atoms in total. The molecule has 0 fully saturated rings. The van der Waals surface area contributed by atoms with Crippen molar-refractivity contribution in [2.45, 2.75) is 19.8 Å². The summed E-state index contributed by atoms with van der Waals surface area (Å²) in [5, 5.41) is 9.10. The Morgan fingerprint density at radius 2 is 2.06 bits per heavy atom. The zero-order chi connectivity index (χ0) is 13.3. The van der Waals surface area contributed by atoms with E-state index in [-0.39, 0.29) is 17.6 Å². The summed E-state index contributed by atoms with van der Waals surface area (Å²) in [7, 11) is 0. The molecule has 0 radical (unpaired) electrons. The number of para-hydroxylation sites is 1. The molecule has 3 heteroatoms. The monoisotopic (exact) mass is 238 g/mol. The molecule has 18 heavy (non-hydrogen) atoms. The van der Waals surface area contributed by atoms with Gasteiger partial charge in [0.05, 0.1) is 17.7 Å². The first-order valence-corrected chi connectivity index (χ1v) is 5.79. The molecule has 0 saturated carbocycles. The number of carbonyl (C=O) groups is 1. The number of fused-ring (bicyclic) bond motifs is 1. The van der Waals surface area contributed by atoms with Crippen molar-refractivity contribution in [3.05, 3.63) is 42.0 Å². The van der Waals surface area contributed by atoms with E-state index in [2.05, 4.69) is 17.6 Å². The number of benzene rings is 1. The molecule has 2 unspecified atom stereocenters. The van der Waals surface area contributed by atoms with Gasteiger partial charge >= 0.3 is 0 Å². The summed E-state index contributed by atoms with van der Waals surface area (Å²) in [6.07, 6.45) is 0. The maximum atomic E-state index is 11.8. The molecule has 1 aromatic carbocycles. The zero-order valence-electron chi connectivity index (χ0n) is 10.5. The Morgan fingerprint density at radius 1 is 1.39 bits per heavy atom. The number of rotatable bonds is 2. The Kier molecular flexibility index (Phi) is 3.12. The average Bonchev–Trinajstić information content (AvgIpc) is 2.35. The predicted octanol–water partition coefficient (Wildman–Crippen LogP) is 3.16. The van der Waals surface area contributed by atoms with Gasteiger partial charge in [0.25, 0.3) is 0 Å². The third-order valence-corrected chi connectivity index (χ3v) is 3.31. The van der Waals surface area contributed by atoms with Gasteiger partial charge in [-0.1, -0.05) is 24.8 Å². The van der Waals surface area contributed by atoms with Crippen LogP contribution in [0.2, 0.25) is 0 Å². The fourth-order valence-corrected chi connectivity index (χ4v) is 2.52. The van der Waals surface area contributed by atoms with Crippen LogP contribution in [0.25, 0.3) is 0 Å². The van der Waals surface area contributed by atoms with Gasteiger partial charge < -0.3 is 0 Å². The van der Waals surface area contributed by atoms with Gasteiger partial charge in [0.2, 0.25) is 0 Å². The second-order valence-corrected chi connectivity index (χ2v) is 4.52. The summed E-state index contributed by atoms with van der Waals surface area (Å²) < 4.78 is 0. The third-order valence-electron chi connectivity index (χ3n) is 3.31. The molecular formula is C15H14N2O. The lowest BCUT2D eigenvalue weighted by Crippen LogP contribution is -2.30. The first-order chi connectivity index (χ1) is 8.56. The normalized spacial score (nSPS) is 21.5. The fraction of sp³-hybridized carbons (Fsp3) is 0.267. The highest BCUT2D eigenvalue weighted by molar-refractivity contribution is 6.07. The Balaban J connectivity index is 2.64. The molecule has 0 saturated heterocycles. The summed E-state index contributed by atoms with van der Waals surface area (Å²) in [4.78, 5) is 16.3. The molecule has 0 N–H and O–H groups in total. The molecule has 2 atom stereocenters. The molecule has 90 valence electrons. The van der Waals surface area contributed by atoms with Crippen LogP contribution in [0.15, 0.2) is 41.4 Å². The number of allylic oxidation sites excluding steroid dienone is 1. The van der Waals surface area contributed by atoms with Crippen LogP contribution < -0.4 is 0 Å². The molecule has 0 aliphatic carbocycles. The second kappa shape index (κ2) is 4.58. The van der Waals surface area contributed by atoms with Crippen LogP contribution in [0.1, 0.15) is 25.3 Å². The largest absolute Gasteiger partial charge is 0.299 e. The highest BCUT2D eigenvalue weighted by Crippen LogP contribution is 2.41. The Labute approximate surface area is 106 Å². The second-order valence-electron chi connectivity index (χ2n) is 4.52. The minimum absolute atomic E-state index is 0.0205. The van der Waals surface area contributed by atoms with E-state index in [1.165, 1.54) is 6.92 Å². The van der Waals surface area contributed by atoms with E-state index in [0.717, 1.165) is 17.0 Å². The van der Waals surface area contributed by atoms with Crippen molar-refractivity contribution in [1.29, 1.82) is 5.26 Å². The number of hydrogen-bond acceptors (Lipinski definition) is 3. The van der Waals surface area contributed by atoms with E-state index in [1.54, 1.807) is 0 Å². The van der Waals surface area contributed by atoms with Gasteiger partial charge in [0.1, 0.15) is 5.78 Å². The molecule has 1 aliphatic rings. The number of aliphatic imine (C=N–C) groups is 1. The minimum Gasteiger partial charge on any atom is -0.299 e. The van der Waals surface area contributed by atoms with Crippen molar-refractivity contribution in [1.82, 2.24) is 0 Å². The third kappa shape index (κ3) is 1.86. The van der Waals surface area contributed by atoms with Crippen LogP contribution in [0.3, 0.4) is 0 Å². The lowest BCUT2D eigenvalue weighted by molar-refractivity contribution is -0.119. The van der Waals surface area contributed by atoms with E-state index in [0.29, 0.717) is 5.57 Å². The van der Waals surface area contributed by atoms with Crippen molar-refractivity contribution >= 4 is 17.2 Å². The van der Waals surface area contributed by atoms with Crippen LogP contribution in [0.4, 0.5) is 5.69 Å². The molecule has 1 heterocycles. The Bertz CT molecular complexity index is 593. The maximum Gasteiger partial charge on any atom is 0.139 e. The van der Waals surface area contributed by atoms with Gasteiger partial charge in [0.15, 0.2) is 0 Å². The van der Waals surface area contributed by atoms with Gasteiger partial charge in [-0.15, -0.1) is 0 Å². The quantitative estimate of drug-likeness (QED) is 0.743. The van der Waals surface area contributed by atoms with Gasteiger partial charge in [-0.05, 0) is 25.5 Å². The highest BCUT2D eigenvalue weighted by atomic mass is 16.1. The topological polar surface area (TPSA) is 53.2 Å². The number of nitrogens with zero attached hydrogens (tertiary/aromatic N) is 2. The number of ketones is 1. The van der Waals surface area contributed by atoms with E-state index in [4.69, 9.17) is 5.26 Å². The lowest BCUT2D eigenvalue weighted by Gasteiger charge is -2.29. The molecule has 0 aromatic heterocycles. The van der Waals surface area contributed by atoms with Gasteiger partial charge in [0, 0.05) is 17.2 Å². The molecule has 0 spiro atoms. The maximum absolute atomic E-state index is 11.8. The van der Waals surface area contributed by atoms with Crippen molar-refractivity contribution in [2.24, 2.45) is 10.9 Å². The standard InChI is InChI=1S/C15H14N2O/c1-9(8-16)14-12-6-4-5-7-13(12)17-10(2)15(14)11(3)18/h4-7,14-15H,1H2,2-3H3. The van der Waals surface area contributed by atoms with Crippen LogP contribution >= 0.6 is 0 Å². The van der Waals surface area contributed by atoms with E-state index >= 15 is 0 Å². The summed E-state index contributed by atoms with van der Waals surface area (Å²) in [5.41, 5.74) is 2.91. The molecule has 2 rings (SSSR count). The van der Waals surface area contributed by atoms with Crippen molar-refractivity contribution in [3.63, 3.8) is 0 Å². The summed E-state index contributed by atoms with van der Waals surface area (Å²) in [5.74, 6) is -0.625. The smallest absolute Gasteiger partial charge is 0.139 e. The first-order valence-electron chi connectivity index (χ1n) is 5.79. The van der Waals surface area contributed by atoms with Crippen molar-refractivity contribution in [3.8, 4) is 6.07 Å². The molecular weight excluding hydrogens is 224 g/mol. The van der Waals surface area contributed by atoms with Crippen LogP contribution in [0.5, 0.6) is 0 Å². The van der Waals surface area contributed by atoms with Gasteiger partial charge in [-0.25, -0.2) is 0 Å². The van der Waals surface area contributed by atoms with E-state index < -0.39 is 0 Å². The van der Waals surface area contributed by atoms with Crippen LogP contribution in [0, 0.1) is 17.2 Å². The Hall–Kier alpha value is -2.21. The fourth-order valence-electron chi connectivity index (χ4n) is 2.52. The summed E-state index contributed by atoms with van der Waals surface area (Å²) >= 11 is 0. The van der Waals surface area contributed by atoms with Crippen molar-refractivity contribution in [2.75, 3.05) is 0 Å². The summed E-state index contributed by atoms with van der Waals surface area (Å²) in [6.45, 7) is 7.16. The van der Waals surface area contributed by atoms with E-state index in [9.17, 15) is 4.79 Å². The predicted molar refractivity (Wildman–Crippen MR) is 70.9 cm³/mol. The average molecular weight is 238 g/mol. The van der Waals surface area contributed by atoms with Crippen LogP contribution in [-0.2, 0) is 4.79 Å². The lowest BCUT2D eigenvalue weighted by atomic mass is 9.75. The number of nitriles is 1. The highest BCUT2D eigenvalue weighted by Gasteiger charge is 2.35. The molecule has 0 amide bonds. The molecule has 1 aromatic rings. The molecule has 1 aliphatic heterocycles. The van der Waals surface area contributed by atoms with E-state index in [1.807, 2.05) is 31.2 Å². The summed E-state index contributed by atoms with van der Waals surface area (Å²) in [6, 6.07) is 9.68. The zero-order valence-corrected chi connectivity index (χ0v) is 10.5. The van der Waals surface area contributed by atoms with Crippen molar-refractivity contribution < 1.29 is 4.79 Å². The van der Waals surface area contributed by atoms with Crippen LogP contribution in [-0.4, -0.2) is 11.5 Å². The molecule has 0 bridgehead atoms. The Morgan fingerprint density at radius 3 is 2.67 bits per heavy atom. The number of hydrogen-bond donors (Lipinski definition) is 0. The number of carbonyl (C=O) groups excluding carboxylic acids is 1. The minimum atomic E-state index is -0.368. The van der Waals surface area contributed by atoms with Gasteiger partial charge in [-0.3, -0.25) is 9.79 Å².